The molecule has 5 nitrogen and oxygen atoms in total. The Balaban J connectivity index is 0.000000421. The highest BCUT2D eigenvalue weighted by molar-refractivity contribution is 6.24. The summed E-state index contributed by atoms with van der Waals surface area (Å²) in [4.78, 5) is 2.55. The number of hydrogen-bond donors (Lipinski definition) is 2. The van der Waals surface area contributed by atoms with E-state index in [1.807, 2.05) is 0 Å². The van der Waals surface area contributed by atoms with E-state index in [0.717, 1.165) is 24.9 Å². The van der Waals surface area contributed by atoms with Gasteiger partial charge in [0.25, 0.3) is 0 Å². The zero-order valence-corrected chi connectivity index (χ0v) is 34.3. The van der Waals surface area contributed by atoms with Gasteiger partial charge in [-0.05, 0) is 106 Å². The Morgan fingerprint density at radius 1 is 1.02 bits per heavy atom. The maximum absolute atomic E-state index is 7.33. The van der Waals surface area contributed by atoms with Crippen LogP contribution in [0, 0.1) is 26.2 Å². The van der Waals surface area contributed by atoms with Crippen LogP contribution in [0.15, 0.2) is 72.6 Å². The average molecular weight is 695 g/mol. The van der Waals surface area contributed by atoms with E-state index in [9.17, 15) is 0 Å². The van der Waals surface area contributed by atoms with Crippen molar-refractivity contribution >= 4 is 27.6 Å². The Morgan fingerprint density at radius 2 is 1.67 bits per heavy atom. The Morgan fingerprint density at radius 3 is 2.25 bits per heavy atom. The molecule has 2 heterocycles. The van der Waals surface area contributed by atoms with Gasteiger partial charge in [-0.1, -0.05) is 87.9 Å². The molecule has 0 aliphatic carbocycles. The van der Waals surface area contributed by atoms with Crippen molar-refractivity contribution in [2.24, 2.45) is 5.41 Å². The van der Waals surface area contributed by atoms with Gasteiger partial charge < -0.3 is 20.1 Å². The van der Waals surface area contributed by atoms with Crippen molar-refractivity contribution in [3.05, 3.63) is 100 Å². The summed E-state index contributed by atoms with van der Waals surface area (Å²) in [5.74, 6) is 0.979. The Kier molecular flexibility index (Phi) is 15.3. The quantitative estimate of drug-likeness (QED) is 0.133. The van der Waals surface area contributed by atoms with Crippen LogP contribution in [0.1, 0.15) is 109 Å². The van der Waals surface area contributed by atoms with Gasteiger partial charge in [0.2, 0.25) is 0 Å². The van der Waals surface area contributed by atoms with E-state index in [4.69, 9.17) is 9.84 Å². The van der Waals surface area contributed by atoms with Gasteiger partial charge in [-0.3, -0.25) is 0 Å². The molecule has 3 aromatic carbocycles. The second-order valence-electron chi connectivity index (χ2n) is 15.7. The lowest BCUT2D eigenvalue weighted by Gasteiger charge is -2.35. The van der Waals surface area contributed by atoms with Crippen LogP contribution in [-0.4, -0.2) is 65.7 Å². The van der Waals surface area contributed by atoms with Gasteiger partial charge in [-0.2, -0.15) is 0 Å². The number of nitrogens with one attached hydrogen (secondary N) is 1. The number of ether oxygens (including phenoxy) is 1. The lowest BCUT2D eigenvalue weighted by atomic mass is 9.78. The molecular weight excluding hydrogens is 627 g/mol. The fraction of sp³-hybridized carbons (Fsp3) is 0.500. The van der Waals surface area contributed by atoms with Crippen molar-refractivity contribution < 1.29 is 14.4 Å². The topological polar surface area (TPSA) is 47.7 Å². The van der Waals surface area contributed by atoms with E-state index < -0.39 is 0 Å². The van der Waals surface area contributed by atoms with E-state index >= 15 is 0 Å². The number of piperazine rings is 1. The third kappa shape index (κ3) is 10.7. The Bertz CT molecular complexity index is 1740. The predicted molar refractivity (Wildman–Crippen MR) is 222 cm³/mol. The molecule has 0 bridgehead atoms. The normalized spacial score (nSPS) is 18.3. The second kappa shape index (κ2) is 18.7. The van der Waals surface area contributed by atoms with Crippen molar-refractivity contribution in [3.8, 4) is 5.75 Å². The molecule has 1 saturated heterocycles. The average Bonchev–Trinajstić information content (AvgIpc) is 3.06. The second-order valence-corrected chi connectivity index (χ2v) is 15.7. The van der Waals surface area contributed by atoms with Crippen molar-refractivity contribution in [3.63, 3.8) is 0 Å². The van der Waals surface area contributed by atoms with Crippen LogP contribution >= 0.6 is 0 Å². The maximum Gasteiger partial charge on any atom is 0.192 e. The minimum atomic E-state index is 0.106. The predicted octanol–water partition coefficient (Wildman–Crippen LogP) is 11.1. The van der Waals surface area contributed by atoms with Gasteiger partial charge in [0, 0.05) is 50.0 Å². The molecule has 2 aliphatic heterocycles. The first-order valence-electron chi connectivity index (χ1n) is 19.0. The maximum atomic E-state index is 7.33. The number of hydrogen-bond acceptors (Lipinski definition) is 4. The summed E-state index contributed by atoms with van der Waals surface area (Å²) in [6, 6.07) is 18.9. The summed E-state index contributed by atoms with van der Waals surface area (Å²) in [6.07, 6.45) is 4.00. The number of fused-ring (bicyclic) bond motifs is 1. The summed E-state index contributed by atoms with van der Waals surface area (Å²) in [5, 5.41) is 13.3. The van der Waals surface area contributed by atoms with E-state index in [1.54, 1.807) is 0 Å². The molecule has 5 rings (SSSR count). The molecule has 0 amide bonds. The summed E-state index contributed by atoms with van der Waals surface area (Å²) in [6.45, 7) is 34.6. The monoisotopic (exact) mass is 695 g/mol. The van der Waals surface area contributed by atoms with E-state index in [0.29, 0.717) is 18.7 Å². The summed E-state index contributed by atoms with van der Waals surface area (Å²) < 4.78 is 8.65. The van der Waals surface area contributed by atoms with Gasteiger partial charge in [-0.15, -0.1) is 0 Å². The number of aliphatic hydroxyl groups is 1. The lowest BCUT2D eigenvalue weighted by molar-refractivity contribution is -0.451. The SMILES string of the molecule is C=CO.CC1=C(c2c(C)ccc(/C(CCCOc3cccc4cc(C)ccc34)=C(\C)C(C)(C)C)c2C)C(C)=[N+]1C.CCCN1CC(C)NC(C)C1. The molecule has 1 fully saturated rings. The molecular formula is C46H68N3O2+. The highest BCUT2D eigenvalue weighted by atomic mass is 16.5. The largest absolute Gasteiger partial charge is 0.516 e. The van der Waals surface area contributed by atoms with Crippen LogP contribution in [-0.2, 0) is 0 Å². The standard InChI is InChI=1S/C35H44NO.C9H20N2.C2H4O/c1-22-16-18-31-28(21-22)13-11-15-32(31)37-20-12-14-30(25(4)35(7,8)9)29-19-17-23(2)33(24(29)3)34-26(5)36(10)27(34)6;1-4-5-11-6-8(2)10-9(3)7-11;1-2-3/h11,13,15-19,21H,12,14,20H2,1-10H3;8-10H,4-7H2,1-3H3;2-3H,1H2/q+1;;/b30-25+;;. The summed E-state index contributed by atoms with van der Waals surface area (Å²) >= 11 is 0. The first-order chi connectivity index (χ1) is 24.0. The van der Waals surface area contributed by atoms with Crippen molar-refractivity contribution in [2.45, 2.75) is 114 Å². The van der Waals surface area contributed by atoms with Gasteiger partial charge in [0.1, 0.15) is 18.4 Å². The molecule has 2 unspecified atom stereocenters. The fourth-order valence-corrected chi connectivity index (χ4v) is 7.56. The highest BCUT2D eigenvalue weighted by Gasteiger charge is 2.33. The third-order valence-corrected chi connectivity index (χ3v) is 10.6. The van der Waals surface area contributed by atoms with Gasteiger partial charge >= 0.3 is 0 Å². The van der Waals surface area contributed by atoms with Gasteiger partial charge in [0.05, 0.1) is 12.9 Å². The number of allylic oxidation sites excluding steroid dienone is 4. The van der Waals surface area contributed by atoms with Crippen LogP contribution in [0.25, 0.3) is 21.9 Å². The van der Waals surface area contributed by atoms with Gasteiger partial charge in [0.15, 0.2) is 11.4 Å². The first kappa shape index (κ1) is 41.7. The molecule has 2 atom stereocenters. The Labute approximate surface area is 310 Å². The molecule has 278 valence electrons. The number of aryl methyl sites for hydroxylation is 2. The van der Waals surface area contributed by atoms with E-state index in [2.05, 4.69) is 160 Å². The van der Waals surface area contributed by atoms with Crippen molar-refractivity contribution in [1.29, 1.82) is 0 Å². The fourth-order valence-electron chi connectivity index (χ4n) is 7.56. The van der Waals surface area contributed by atoms with E-state index in [1.165, 1.54) is 92.8 Å². The minimum absolute atomic E-state index is 0.106. The molecule has 2 N–H and O–H groups in total. The molecule has 5 heteroatoms. The zero-order chi connectivity index (χ0) is 38.0. The third-order valence-electron chi connectivity index (χ3n) is 10.6. The molecule has 2 aliphatic rings. The molecule has 0 radical (unpaired) electrons. The molecule has 51 heavy (non-hydrogen) atoms. The summed E-state index contributed by atoms with van der Waals surface area (Å²) in [7, 11) is 2.16. The van der Waals surface area contributed by atoms with Crippen LogP contribution in [0.3, 0.4) is 0 Å². The number of benzene rings is 3. The highest BCUT2D eigenvalue weighted by Crippen LogP contribution is 2.40. The molecule has 0 aromatic heterocycles. The zero-order valence-electron chi connectivity index (χ0n) is 34.3. The first-order valence-corrected chi connectivity index (χ1v) is 19.0. The number of rotatable bonds is 9. The number of aliphatic hydroxyl groups excluding tert-OH is 1. The van der Waals surface area contributed by atoms with Gasteiger partial charge in [-0.25, -0.2) is 4.58 Å². The summed E-state index contributed by atoms with van der Waals surface area (Å²) in [5.41, 5.74) is 14.0. The molecule has 3 aromatic rings. The van der Waals surface area contributed by atoms with Crippen LogP contribution in [0.2, 0.25) is 0 Å². The van der Waals surface area contributed by atoms with Crippen molar-refractivity contribution in [1.82, 2.24) is 10.2 Å². The smallest absolute Gasteiger partial charge is 0.192 e. The van der Waals surface area contributed by atoms with Crippen LogP contribution in [0.5, 0.6) is 5.75 Å². The van der Waals surface area contributed by atoms with Crippen LogP contribution in [0.4, 0.5) is 0 Å². The van der Waals surface area contributed by atoms with Crippen LogP contribution < -0.4 is 10.1 Å². The molecule has 0 spiro atoms. The number of nitrogens with zero attached hydrogens (tertiary/aromatic N) is 2. The van der Waals surface area contributed by atoms with Crippen molar-refractivity contribution in [2.75, 3.05) is 33.3 Å². The lowest BCUT2D eigenvalue weighted by Crippen LogP contribution is -2.54. The molecule has 0 saturated carbocycles. The van der Waals surface area contributed by atoms with E-state index in [-0.39, 0.29) is 5.41 Å². The minimum Gasteiger partial charge on any atom is -0.516 e. The Hall–Kier alpha value is -3.67.